The molecule has 1 heterocycles. The maximum Gasteiger partial charge on any atom is 0.239 e. The van der Waals surface area contributed by atoms with Gasteiger partial charge in [0.25, 0.3) is 0 Å². The second kappa shape index (κ2) is 6.91. The number of carbonyl (C=O) groups is 1. The fraction of sp³-hybridized carbons (Fsp3) is 0.316. The van der Waals surface area contributed by atoms with Crippen LogP contribution in [-0.4, -0.2) is 19.0 Å². The number of halogens is 1. The monoisotopic (exact) mass is 327 g/mol. The number of hydrogen-bond acceptors (Lipinski definition) is 3. The first kappa shape index (κ1) is 16.3. The van der Waals surface area contributed by atoms with Crippen molar-refractivity contribution < 1.29 is 9.18 Å². The Morgan fingerprint density at radius 3 is 2.79 bits per heavy atom. The molecule has 0 bridgehead atoms. The number of fused-ring (bicyclic) bond motifs is 1. The second-order valence-corrected chi connectivity index (χ2v) is 6.21. The minimum Gasteiger partial charge on any atom is -0.398 e. The van der Waals surface area contributed by atoms with E-state index >= 15 is 0 Å². The Morgan fingerprint density at radius 2 is 2.04 bits per heavy atom. The van der Waals surface area contributed by atoms with Crippen LogP contribution >= 0.6 is 0 Å². The van der Waals surface area contributed by atoms with Crippen LogP contribution < -0.4 is 16.0 Å². The van der Waals surface area contributed by atoms with Gasteiger partial charge in [0, 0.05) is 17.9 Å². The number of amides is 1. The fourth-order valence-electron chi connectivity index (χ4n) is 3.19. The molecular formula is C19H22FN3O. The Hall–Kier alpha value is -2.56. The normalized spacial score (nSPS) is 14.8. The molecule has 126 valence electrons. The van der Waals surface area contributed by atoms with E-state index in [4.69, 9.17) is 5.73 Å². The van der Waals surface area contributed by atoms with Gasteiger partial charge in [-0.05, 0) is 55.2 Å². The van der Waals surface area contributed by atoms with Crippen molar-refractivity contribution in [3.8, 4) is 0 Å². The van der Waals surface area contributed by atoms with Crippen molar-refractivity contribution in [1.82, 2.24) is 5.32 Å². The number of nitrogen functional groups attached to an aromatic ring is 1. The molecule has 0 aromatic heterocycles. The highest BCUT2D eigenvalue weighted by molar-refractivity contribution is 5.83. The summed E-state index contributed by atoms with van der Waals surface area (Å²) < 4.78 is 13.0. The van der Waals surface area contributed by atoms with E-state index in [0.717, 1.165) is 41.9 Å². The summed E-state index contributed by atoms with van der Waals surface area (Å²) in [6.45, 7) is 3.03. The van der Waals surface area contributed by atoms with Crippen molar-refractivity contribution in [3.63, 3.8) is 0 Å². The zero-order valence-electron chi connectivity index (χ0n) is 13.8. The van der Waals surface area contributed by atoms with Gasteiger partial charge in [-0.15, -0.1) is 0 Å². The highest BCUT2D eigenvalue weighted by atomic mass is 19.1. The van der Waals surface area contributed by atoms with E-state index in [0.29, 0.717) is 6.54 Å². The lowest BCUT2D eigenvalue weighted by molar-refractivity contribution is -0.120. The van der Waals surface area contributed by atoms with Crippen LogP contribution in [0.25, 0.3) is 0 Å². The zero-order valence-corrected chi connectivity index (χ0v) is 13.8. The summed E-state index contributed by atoms with van der Waals surface area (Å²) in [7, 11) is 0. The summed E-state index contributed by atoms with van der Waals surface area (Å²) in [5.74, 6) is -0.332. The molecule has 3 N–H and O–H groups in total. The predicted octanol–water partition coefficient (Wildman–Crippen LogP) is 3.04. The number of hydrogen-bond donors (Lipinski definition) is 2. The number of anilines is 2. The maximum absolute atomic E-state index is 13.0. The molecule has 0 saturated carbocycles. The summed E-state index contributed by atoms with van der Waals surface area (Å²) in [5, 5.41) is 2.97. The van der Waals surface area contributed by atoms with Crippen LogP contribution in [-0.2, 0) is 11.2 Å². The molecule has 1 amide bonds. The number of nitrogens with one attached hydrogen (secondary N) is 1. The van der Waals surface area contributed by atoms with E-state index in [1.54, 1.807) is 12.1 Å². The van der Waals surface area contributed by atoms with Crippen LogP contribution in [0.5, 0.6) is 0 Å². The Kier molecular flexibility index (Phi) is 4.69. The van der Waals surface area contributed by atoms with Gasteiger partial charge in [-0.2, -0.15) is 0 Å². The van der Waals surface area contributed by atoms with Gasteiger partial charge in [0.05, 0.1) is 12.6 Å². The minimum atomic E-state index is -0.278. The lowest BCUT2D eigenvalue weighted by atomic mass is 10.00. The fourth-order valence-corrected chi connectivity index (χ4v) is 3.19. The van der Waals surface area contributed by atoms with Gasteiger partial charge in [-0.1, -0.05) is 18.2 Å². The summed E-state index contributed by atoms with van der Waals surface area (Å²) in [6, 6.07) is 11.9. The minimum absolute atomic E-state index is 0.0536. The molecular weight excluding hydrogens is 305 g/mol. The average molecular weight is 327 g/mol. The summed E-state index contributed by atoms with van der Waals surface area (Å²) in [5.41, 5.74) is 9.89. The number of carbonyl (C=O) groups excluding carboxylic acids is 1. The van der Waals surface area contributed by atoms with Gasteiger partial charge in [0.1, 0.15) is 5.82 Å². The van der Waals surface area contributed by atoms with E-state index in [1.807, 2.05) is 25.1 Å². The van der Waals surface area contributed by atoms with Gasteiger partial charge >= 0.3 is 0 Å². The molecule has 4 nitrogen and oxygen atoms in total. The first-order valence-corrected chi connectivity index (χ1v) is 8.22. The molecule has 2 aromatic carbocycles. The van der Waals surface area contributed by atoms with Crippen LogP contribution in [0.3, 0.4) is 0 Å². The second-order valence-electron chi connectivity index (χ2n) is 6.21. The third-order valence-corrected chi connectivity index (χ3v) is 4.46. The Balaban J connectivity index is 1.66. The van der Waals surface area contributed by atoms with Crippen molar-refractivity contribution in [2.24, 2.45) is 0 Å². The molecule has 1 unspecified atom stereocenters. The third-order valence-electron chi connectivity index (χ3n) is 4.46. The van der Waals surface area contributed by atoms with Crippen LogP contribution in [0.1, 0.15) is 30.5 Å². The number of nitrogens with zero attached hydrogens (tertiary/aromatic N) is 1. The van der Waals surface area contributed by atoms with E-state index in [9.17, 15) is 9.18 Å². The average Bonchev–Trinajstić information content (AvgIpc) is 2.56. The predicted molar refractivity (Wildman–Crippen MR) is 94.3 cm³/mol. The van der Waals surface area contributed by atoms with Crippen molar-refractivity contribution in [2.75, 3.05) is 23.7 Å². The first-order chi connectivity index (χ1) is 11.5. The largest absolute Gasteiger partial charge is 0.398 e. The summed E-state index contributed by atoms with van der Waals surface area (Å²) in [6.07, 6.45) is 1.94. The molecule has 5 heteroatoms. The van der Waals surface area contributed by atoms with E-state index in [2.05, 4.69) is 10.2 Å². The molecule has 24 heavy (non-hydrogen) atoms. The first-order valence-electron chi connectivity index (χ1n) is 8.22. The third kappa shape index (κ3) is 3.50. The molecule has 0 aliphatic carbocycles. The molecule has 0 fully saturated rings. The molecule has 2 aromatic rings. The molecule has 1 aliphatic heterocycles. The standard InChI is InChI=1S/C19H22FN3O/c1-13(14-7-9-15(20)10-8-14)22-19(24)12-23-11-3-4-16-17(21)5-2-6-18(16)23/h2,5-10,13H,3-4,11-12,21H2,1H3,(H,22,24). The Morgan fingerprint density at radius 1 is 1.29 bits per heavy atom. The van der Waals surface area contributed by atoms with Crippen LogP contribution in [0.15, 0.2) is 42.5 Å². The zero-order chi connectivity index (χ0) is 17.1. The number of nitrogens with two attached hydrogens (primary N) is 1. The lowest BCUT2D eigenvalue weighted by Crippen LogP contribution is -2.40. The molecule has 0 spiro atoms. The van der Waals surface area contributed by atoms with Gasteiger partial charge in [-0.3, -0.25) is 4.79 Å². The quantitative estimate of drug-likeness (QED) is 0.849. The lowest BCUT2D eigenvalue weighted by Gasteiger charge is -2.31. The van der Waals surface area contributed by atoms with Crippen LogP contribution in [0.4, 0.5) is 15.8 Å². The van der Waals surface area contributed by atoms with Gasteiger partial charge in [0.15, 0.2) is 0 Å². The molecule has 1 atom stereocenters. The highest BCUT2D eigenvalue weighted by Gasteiger charge is 2.21. The maximum atomic E-state index is 13.0. The van der Waals surface area contributed by atoms with Gasteiger partial charge in [-0.25, -0.2) is 4.39 Å². The molecule has 0 radical (unpaired) electrons. The summed E-state index contributed by atoms with van der Waals surface area (Å²) in [4.78, 5) is 14.5. The van der Waals surface area contributed by atoms with Crippen LogP contribution in [0.2, 0.25) is 0 Å². The molecule has 0 saturated heterocycles. The SMILES string of the molecule is CC(NC(=O)CN1CCCc2c(N)cccc21)c1ccc(F)cc1. The van der Waals surface area contributed by atoms with Crippen molar-refractivity contribution in [2.45, 2.75) is 25.8 Å². The Labute approximate surface area is 141 Å². The van der Waals surface area contributed by atoms with Crippen molar-refractivity contribution in [3.05, 3.63) is 59.4 Å². The smallest absolute Gasteiger partial charge is 0.239 e. The van der Waals surface area contributed by atoms with Crippen molar-refractivity contribution in [1.29, 1.82) is 0 Å². The van der Waals surface area contributed by atoms with Crippen LogP contribution in [0, 0.1) is 5.82 Å². The summed E-state index contributed by atoms with van der Waals surface area (Å²) >= 11 is 0. The van der Waals surface area contributed by atoms with Gasteiger partial charge < -0.3 is 16.0 Å². The number of benzene rings is 2. The molecule has 1 aliphatic rings. The molecule has 3 rings (SSSR count). The van der Waals surface area contributed by atoms with Gasteiger partial charge in [0.2, 0.25) is 5.91 Å². The van der Waals surface area contributed by atoms with E-state index < -0.39 is 0 Å². The highest BCUT2D eigenvalue weighted by Crippen LogP contribution is 2.30. The van der Waals surface area contributed by atoms with E-state index in [1.165, 1.54) is 12.1 Å². The number of rotatable bonds is 4. The topological polar surface area (TPSA) is 58.4 Å². The van der Waals surface area contributed by atoms with E-state index in [-0.39, 0.29) is 17.8 Å². The Bertz CT molecular complexity index is 730. The van der Waals surface area contributed by atoms with Crippen molar-refractivity contribution >= 4 is 17.3 Å².